The summed E-state index contributed by atoms with van der Waals surface area (Å²) in [4.78, 5) is 15.8. The molecule has 3 N–H and O–H groups in total. The molecule has 0 saturated heterocycles. The van der Waals surface area contributed by atoms with Crippen LogP contribution in [0.2, 0.25) is 0 Å². The molecule has 0 fully saturated rings. The highest BCUT2D eigenvalue weighted by atomic mass is 16.5. The molecule has 22 heavy (non-hydrogen) atoms. The molecule has 1 heterocycles. The van der Waals surface area contributed by atoms with E-state index in [1.807, 2.05) is 13.8 Å². The fraction of sp³-hybridized carbons (Fsp3) is 0.600. The number of ether oxygens (including phenoxy) is 2. The molecule has 1 aromatic heterocycles. The molecule has 0 radical (unpaired) electrons. The number of amides is 2. The van der Waals surface area contributed by atoms with Gasteiger partial charge in [-0.05, 0) is 18.4 Å². The molecule has 0 spiro atoms. The molecule has 2 amide bonds. The monoisotopic (exact) mass is 311 g/mol. The van der Waals surface area contributed by atoms with Crippen LogP contribution in [-0.4, -0.2) is 49.1 Å². The van der Waals surface area contributed by atoms with Crippen molar-refractivity contribution in [2.24, 2.45) is 5.92 Å². The summed E-state index contributed by atoms with van der Waals surface area (Å²) >= 11 is 0. The number of aliphatic hydroxyl groups excluding tert-OH is 1. The minimum atomic E-state index is -0.541. The van der Waals surface area contributed by atoms with Gasteiger partial charge in [0.15, 0.2) is 0 Å². The van der Waals surface area contributed by atoms with E-state index in [0.717, 1.165) is 0 Å². The summed E-state index contributed by atoms with van der Waals surface area (Å²) in [5, 5.41) is 15.0. The summed E-state index contributed by atoms with van der Waals surface area (Å²) < 4.78 is 10.2. The first kappa shape index (κ1) is 18.2. The van der Waals surface area contributed by atoms with Gasteiger partial charge >= 0.3 is 6.03 Å². The van der Waals surface area contributed by atoms with E-state index in [4.69, 9.17) is 9.47 Å². The number of nitrogens with zero attached hydrogens (tertiary/aromatic N) is 1. The lowest BCUT2D eigenvalue weighted by molar-refractivity contribution is 0.144. The zero-order valence-electron chi connectivity index (χ0n) is 13.3. The number of hydrogen-bond donors (Lipinski definition) is 3. The number of nitrogens with one attached hydrogen (secondary N) is 2. The third kappa shape index (κ3) is 7.80. The summed E-state index contributed by atoms with van der Waals surface area (Å²) in [7, 11) is 1.60. The zero-order valence-corrected chi connectivity index (χ0v) is 13.3. The van der Waals surface area contributed by atoms with Gasteiger partial charge in [-0.15, -0.1) is 0 Å². The van der Waals surface area contributed by atoms with Crippen LogP contribution in [-0.2, 0) is 4.74 Å². The van der Waals surface area contributed by atoms with Crippen molar-refractivity contribution in [1.82, 2.24) is 10.3 Å². The highest BCUT2D eigenvalue weighted by molar-refractivity contribution is 5.89. The number of hydrogen-bond acceptors (Lipinski definition) is 5. The second-order valence-corrected chi connectivity index (χ2v) is 5.34. The van der Waals surface area contributed by atoms with Gasteiger partial charge in [0.25, 0.3) is 0 Å². The fourth-order valence-electron chi connectivity index (χ4n) is 1.78. The fourth-order valence-corrected chi connectivity index (χ4v) is 1.78. The molecule has 124 valence electrons. The van der Waals surface area contributed by atoms with Crippen LogP contribution in [0.5, 0.6) is 5.88 Å². The van der Waals surface area contributed by atoms with Crippen LogP contribution in [0.4, 0.5) is 10.5 Å². The Kier molecular flexibility index (Phi) is 8.24. The molecule has 1 atom stereocenters. The van der Waals surface area contributed by atoms with E-state index >= 15 is 0 Å². The largest absolute Gasteiger partial charge is 0.475 e. The van der Waals surface area contributed by atoms with Crippen LogP contribution in [0.15, 0.2) is 18.3 Å². The van der Waals surface area contributed by atoms with Gasteiger partial charge in [-0.2, -0.15) is 0 Å². The Morgan fingerprint density at radius 2 is 2.14 bits per heavy atom. The lowest BCUT2D eigenvalue weighted by Crippen LogP contribution is -2.35. The number of aliphatic hydroxyl groups is 1. The number of methoxy groups -OCH3 is 1. The number of anilines is 1. The third-order valence-corrected chi connectivity index (χ3v) is 2.77. The Hall–Kier alpha value is -1.86. The van der Waals surface area contributed by atoms with E-state index in [1.54, 1.807) is 19.2 Å². The molecular weight excluding hydrogens is 286 g/mol. The summed E-state index contributed by atoms with van der Waals surface area (Å²) in [6.07, 6.45) is 1.61. The van der Waals surface area contributed by atoms with Gasteiger partial charge in [0.2, 0.25) is 5.88 Å². The summed E-state index contributed by atoms with van der Waals surface area (Å²) in [6.45, 7) is 5.17. The summed E-state index contributed by atoms with van der Waals surface area (Å²) in [5.74, 6) is 0.852. The van der Waals surface area contributed by atoms with E-state index in [1.165, 1.54) is 6.20 Å². The van der Waals surface area contributed by atoms with Gasteiger partial charge < -0.3 is 25.2 Å². The maximum atomic E-state index is 11.7. The predicted molar refractivity (Wildman–Crippen MR) is 84.1 cm³/mol. The molecule has 0 aliphatic heterocycles. The van der Waals surface area contributed by atoms with Crippen molar-refractivity contribution < 1.29 is 19.4 Å². The average molecular weight is 311 g/mol. The SMILES string of the molecule is COCCOc1ccc(NC(=O)NC[C@@H](O)CC(C)C)cn1. The smallest absolute Gasteiger partial charge is 0.319 e. The van der Waals surface area contributed by atoms with Gasteiger partial charge in [-0.3, -0.25) is 0 Å². The number of aromatic nitrogens is 1. The van der Waals surface area contributed by atoms with E-state index in [9.17, 15) is 9.90 Å². The highest BCUT2D eigenvalue weighted by Crippen LogP contribution is 2.11. The van der Waals surface area contributed by atoms with Crippen LogP contribution in [0.25, 0.3) is 0 Å². The molecule has 0 aliphatic carbocycles. The Morgan fingerprint density at radius 3 is 2.73 bits per heavy atom. The average Bonchev–Trinajstić information content (AvgIpc) is 2.46. The van der Waals surface area contributed by atoms with Crippen LogP contribution in [0.3, 0.4) is 0 Å². The van der Waals surface area contributed by atoms with E-state index in [-0.39, 0.29) is 12.6 Å². The van der Waals surface area contributed by atoms with Crippen molar-refractivity contribution in [3.05, 3.63) is 18.3 Å². The number of carbonyl (C=O) groups excluding carboxylic acids is 1. The molecule has 0 saturated carbocycles. The van der Waals surface area contributed by atoms with Gasteiger partial charge in [0.05, 0.1) is 24.6 Å². The van der Waals surface area contributed by atoms with Gasteiger partial charge in [-0.1, -0.05) is 13.8 Å². The van der Waals surface area contributed by atoms with Crippen LogP contribution in [0.1, 0.15) is 20.3 Å². The second-order valence-electron chi connectivity index (χ2n) is 5.34. The van der Waals surface area contributed by atoms with Crippen molar-refractivity contribution in [1.29, 1.82) is 0 Å². The number of rotatable bonds is 9. The molecule has 0 unspecified atom stereocenters. The summed E-state index contributed by atoms with van der Waals surface area (Å²) in [5.41, 5.74) is 0.551. The van der Waals surface area contributed by atoms with Gasteiger partial charge in [-0.25, -0.2) is 9.78 Å². The first-order valence-electron chi connectivity index (χ1n) is 7.32. The molecule has 1 aromatic rings. The van der Waals surface area contributed by atoms with Crippen molar-refractivity contribution in [2.75, 3.05) is 32.2 Å². The Morgan fingerprint density at radius 1 is 1.36 bits per heavy atom. The second kappa shape index (κ2) is 9.97. The van der Waals surface area contributed by atoms with Gasteiger partial charge in [0, 0.05) is 19.7 Å². The maximum absolute atomic E-state index is 11.7. The van der Waals surface area contributed by atoms with E-state index < -0.39 is 6.10 Å². The summed E-state index contributed by atoms with van der Waals surface area (Å²) in [6, 6.07) is 2.98. The Balaban J connectivity index is 2.32. The minimum Gasteiger partial charge on any atom is -0.475 e. The minimum absolute atomic E-state index is 0.218. The van der Waals surface area contributed by atoms with Crippen LogP contribution in [0, 0.1) is 5.92 Å². The molecule has 0 aromatic carbocycles. The maximum Gasteiger partial charge on any atom is 0.319 e. The quantitative estimate of drug-likeness (QED) is 0.603. The molecule has 7 nitrogen and oxygen atoms in total. The molecular formula is C15H25N3O4. The molecule has 7 heteroatoms. The number of urea groups is 1. The van der Waals surface area contributed by atoms with Crippen molar-refractivity contribution in [3.8, 4) is 5.88 Å². The predicted octanol–water partition coefficient (Wildman–Crippen LogP) is 1.64. The van der Waals surface area contributed by atoms with Crippen molar-refractivity contribution in [2.45, 2.75) is 26.4 Å². The van der Waals surface area contributed by atoms with Crippen molar-refractivity contribution in [3.63, 3.8) is 0 Å². The Bertz CT molecular complexity index is 437. The molecule has 0 bridgehead atoms. The third-order valence-electron chi connectivity index (χ3n) is 2.77. The molecule has 0 aliphatic rings. The Labute approximate surface area is 131 Å². The molecule has 1 rings (SSSR count). The van der Waals surface area contributed by atoms with Crippen LogP contribution >= 0.6 is 0 Å². The zero-order chi connectivity index (χ0) is 16.4. The number of pyridine rings is 1. The van der Waals surface area contributed by atoms with E-state index in [2.05, 4.69) is 15.6 Å². The first-order valence-corrected chi connectivity index (χ1v) is 7.32. The van der Waals surface area contributed by atoms with Crippen LogP contribution < -0.4 is 15.4 Å². The van der Waals surface area contributed by atoms with E-state index in [0.29, 0.717) is 37.1 Å². The topological polar surface area (TPSA) is 92.7 Å². The van der Waals surface area contributed by atoms with Gasteiger partial charge in [0.1, 0.15) is 6.61 Å². The lowest BCUT2D eigenvalue weighted by atomic mass is 10.1. The standard InChI is InChI=1S/C15H25N3O4/c1-11(2)8-13(19)10-17-15(20)18-12-4-5-14(16-9-12)22-7-6-21-3/h4-5,9,11,13,19H,6-8,10H2,1-3H3,(H2,17,18,20)/t13-/m0/s1. The number of carbonyl (C=O) groups is 1. The van der Waals surface area contributed by atoms with Crippen molar-refractivity contribution >= 4 is 11.7 Å². The normalized spacial score (nSPS) is 12.0. The highest BCUT2D eigenvalue weighted by Gasteiger charge is 2.09. The first-order chi connectivity index (χ1) is 10.5. The lowest BCUT2D eigenvalue weighted by Gasteiger charge is -2.14.